The van der Waals surface area contributed by atoms with Gasteiger partial charge in [0.2, 0.25) is 5.76 Å². The van der Waals surface area contributed by atoms with Crippen LogP contribution in [0.25, 0.3) is 0 Å². The molecule has 0 unspecified atom stereocenters. The Kier molecular flexibility index (Phi) is 7.02. The Balaban J connectivity index is 2.03. The lowest BCUT2D eigenvalue weighted by molar-refractivity contribution is -0.182. The minimum Gasteiger partial charge on any atom is -0.490 e. The highest BCUT2D eigenvalue weighted by Gasteiger charge is 2.40. The number of amides is 1. The minimum atomic E-state index is -0.882. The van der Waals surface area contributed by atoms with Crippen LogP contribution in [0.2, 0.25) is 0 Å². The molecule has 0 aromatic heterocycles. The number of nitrogens with one attached hydrogen (secondary N) is 1. The summed E-state index contributed by atoms with van der Waals surface area (Å²) in [4.78, 5) is 12.0. The number of hydrogen-bond acceptors (Lipinski definition) is 7. The molecule has 2 rings (SSSR count). The number of methoxy groups -OCH3 is 1. The zero-order valence-electron chi connectivity index (χ0n) is 17.5. The van der Waals surface area contributed by atoms with Crippen molar-refractivity contribution in [3.05, 3.63) is 48.2 Å². The molecule has 160 valence electrons. The van der Waals surface area contributed by atoms with Crippen molar-refractivity contribution in [2.24, 2.45) is 5.73 Å². The van der Waals surface area contributed by atoms with E-state index < -0.39 is 12.0 Å². The fourth-order valence-corrected chi connectivity index (χ4v) is 3.52. The van der Waals surface area contributed by atoms with Crippen molar-refractivity contribution in [2.45, 2.75) is 57.8 Å². The smallest absolute Gasteiger partial charge is 0.419 e. The van der Waals surface area contributed by atoms with E-state index >= 15 is 0 Å². The molecule has 1 saturated heterocycles. The van der Waals surface area contributed by atoms with Gasteiger partial charge in [-0.15, -0.1) is 0 Å². The first kappa shape index (κ1) is 22.4. The van der Waals surface area contributed by atoms with Gasteiger partial charge in [-0.2, -0.15) is 0 Å². The number of ether oxygens (including phenoxy) is 4. The molecule has 1 aliphatic heterocycles. The van der Waals surface area contributed by atoms with Crippen molar-refractivity contribution in [2.75, 3.05) is 12.4 Å². The third-order valence-corrected chi connectivity index (χ3v) is 4.24. The second kappa shape index (κ2) is 9.09. The maximum atomic E-state index is 12.0. The molecule has 8 nitrogen and oxygen atoms in total. The summed E-state index contributed by atoms with van der Waals surface area (Å²) in [6.45, 7) is 8.19. The molecule has 29 heavy (non-hydrogen) atoms. The van der Waals surface area contributed by atoms with Gasteiger partial charge in [0, 0.05) is 30.7 Å². The number of benzene rings is 1. The molecule has 0 spiro atoms. The SMILES string of the molecule is COC(/C=C\N)=C(\O)OC(=O)Nc1cccc(OC2CC(C)(C)OC(C)(C)C2)c1. The van der Waals surface area contributed by atoms with Crippen LogP contribution < -0.4 is 15.8 Å². The largest absolute Gasteiger partial charge is 0.490 e. The van der Waals surface area contributed by atoms with Gasteiger partial charge < -0.3 is 29.8 Å². The summed E-state index contributed by atoms with van der Waals surface area (Å²) in [6.07, 6.45) is 3.01. The number of nitrogens with two attached hydrogens (primary N) is 1. The van der Waals surface area contributed by atoms with Crippen molar-refractivity contribution in [3.8, 4) is 5.75 Å². The summed E-state index contributed by atoms with van der Waals surface area (Å²) in [7, 11) is 1.31. The molecule has 0 atom stereocenters. The summed E-state index contributed by atoms with van der Waals surface area (Å²) in [5, 5.41) is 12.3. The first-order valence-corrected chi connectivity index (χ1v) is 9.35. The number of aliphatic hydroxyl groups is 1. The number of carbonyl (C=O) groups excluding carboxylic acids is 1. The lowest BCUT2D eigenvalue weighted by Crippen LogP contribution is -2.49. The lowest BCUT2D eigenvalue weighted by Gasteiger charge is -2.45. The van der Waals surface area contributed by atoms with E-state index in [-0.39, 0.29) is 23.1 Å². The van der Waals surface area contributed by atoms with Crippen LogP contribution in [0.4, 0.5) is 10.5 Å². The third kappa shape index (κ3) is 6.90. The number of rotatable bonds is 6. The standard InChI is InChI=1S/C21H30N2O6/c1-20(2)12-16(13-21(3,4)29-20)27-15-8-6-7-14(11-15)23-19(25)28-18(24)17(26-5)9-10-22/h6-11,16,24H,12-13,22H2,1-5H3,(H,23,25)/b10-9-,18-17+. The van der Waals surface area contributed by atoms with Crippen LogP contribution in [-0.2, 0) is 14.2 Å². The van der Waals surface area contributed by atoms with E-state index in [0.29, 0.717) is 11.4 Å². The molecule has 1 aromatic carbocycles. The van der Waals surface area contributed by atoms with E-state index in [4.69, 9.17) is 24.7 Å². The van der Waals surface area contributed by atoms with Crippen LogP contribution in [0.3, 0.4) is 0 Å². The summed E-state index contributed by atoms with van der Waals surface area (Å²) >= 11 is 0. The minimum absolute atomic E-state index is 0.0183. The lowest BCUT2D eigenvalue weighted by atomic mass is 9.87. The molecular weight excluding hydrogens is 376 g/mol. The fraction of sp³-hybridized carbons (Fsp3) is 0.476. The Hall–Kier alpha value is -2.87. The molecule has 0 bridgehead atoms. The molecule has 1 heterocycles. The van der Waals surface area contributed by atoms with Gasteiger partial charge in [-0.05, 0) is 46.0 Å². The van der Waals surface area contributed by atoms with Crippen molar-refractivity contribution in [1.82, 2.24) is 0 Å². The topological polar surface area (TPSA) is 112 Å². The van der Waals surface area contributed by atoms with Crippen molar-refractivity contribution >= 4 is 11.8 Å². The quantitative estimate of drug-likeness (QED) is 0.479. The van der Waals surface area contributed by atoms with E-state index in [1.165, 1.54) is 13.2 Å². The predicted molar refractivity (Wildman–Crippen MR) is 109 cm³/mol. The second-order valence-corrected chi connectivity index (χ2v) is 8.04. The van der Waals surface area contributed by atoms with E-state index in [0.717, 1.165) is 19.0 Å². The van der Waals surface area contributed by atoms with Gasteiger partial charge in [0.05, 0.1) is 18.3 Å². The number of aliphatic hydroxyl groups excluding tert-OH is 1. The van der Waals surface area contributed by atoms with Crippen molar-refractivity contribution in [3.63, 3.8) is 0 Å². The molecule has 0 aliphatic carbocycles. The van der Waals surface area contributed by atoms with Crippen LogP contribution in [0, 0.1) is 0 Å². The highest BCUT2D eigenvalue weighted by atomic mass is 16.6. The average molecular weight is 406 g/mol. The van der Waals surface area contributed by atoms with E-state index in [2.05, 4.69) is 5.32 Å². The maximum Gasteiger partial charge on any atom is 0.419 e. The number of carbonyl (C=O) groups is 1. The normalized spacial score (nSPS) is 19.3. The predicted octanol–water partition coefficient (Wildman–Crippen LogP) is 4.20. The van der Waals surface area contributed by atoms with Gasteiger partial charge in [-0.25, -0.2) is 4.79 Å². The number of allylic oxidation sites excluding steroid dienone is 1. The zero-order valence-corrected chi connectivity index (χ0v) is 17.5. The van der Waals surface area contributed by atoms with Gasteiger partial charge in [0.15, 0.2) is 0 Å². The molecule has 1 aromatic rings. The zero-order chi connectivity index (χ0) is 21.7. The van der Waals surface area contributed by atoms with Crippen molar-refractivity contribution < 1.29 is 28.8 Å². The molecule has 1 fully saturated rings. The van der Waals surface area contributed by atoms with Gasteiger partial charge in [-0.1, -0.05) is 6.07 Å². The second-order valence-electron chi connectivity index (χ2n) is 8.04. The molecule has 0 saturated carbocycles. The summed E-state index contributed by atoms with van der Waals surface area (Å²) in [5.41, 5.74) is 5.13. The van der Waals surface area contributed by atoms with Crippen LogP contribution in [0.5, 0.6) is 5.75 Å². The van der Waals surface area contributed by atoms with Crippen LogP contribution in [-0.4, -0.2) is 35.6 Å². The molecule has 0 radical (unpaired) electrons. The van der Waals surface area contributed by atoms with Crippen LogP contribution in [0.1, 0.15) is 40.5 Å². The first-order chi connectivity index (χ1) is 13.5. The van der Waals surface area contributed by atoms with Crippen LogP contribution >= 0.6 is 0 Å². The molecule has 4 N–H and O–H groups in total. The Morgan fingerprint density at radius 3 is 2.52 bits per heavy atom. The highest BCUT2D eigenvalue weighted by molar-refractivity contribution is 5.85. The average Bonchev–Trinajstić information content (AvgIpc) is 2.56. The van der Waals surface area contributed by atoms with E-state index in [1.54, 1.807) is 18.2 Å². The highest BCUT2D eigenvalue weighted by Crippen LogP contribution is 2.37. The maximum absolute atomic E-state index is 12.0. The Bertz CT molecular complexity index is 769. The first-order valence-electron chi connectivity index (χ1n) is 9.35. The fourth-order valence-electron chi connectivity index (χ4n) is 3.52. The van der Waals surface area contributed by atoms with Gasteiger partial charge in [-0.3, -0.25) is 5.32 Å². The van der Waals surface area contributed by atoms with Crippen molar-refractivity contribution in [1.29, 1.82) is 0 Å². The summed E-state index contributed by atoms with van der Waals surface area (Å²) in [6, 6.07) is 6.95. The Morgan fingerprint density at radius 1 is 1.28 bits per heavy atom. The molecular formula is C21H30N2O6. The Morgan fingerprint density at radius 2 is 1.93 bits per heavy atom. The number of anilines is 1. The third-order valence-electron chi connectivity index (χ3n) is 4.24. The number of hydrogen-bond donors (Lipinski definition) is 3. The van der Waals surface area contributed by atoms with Gasteiger partial charge in [0.25, 0.3) is 0 Å². The Labute approximate surface area is 171 Å². The molecule has 1 amide bonds. The summed E-state index contributed by atoms with van der Waals surface area (Å²) < 4.78 is 21.9. The molecule has 8 heteroatoms. The summed E-state index contributed by atoms with van der Waals surface area (Å²) in [5.74, 6) is -0.167. The molecule has 1 aliphatic rings. The van der Waals surface area contributed by atoms with E-state index in [1.807, 2.05) is 33.8 Å². The van der Waals surface area contributed by atoms with Gasteiger partial charge in [0.1, 0.15) is 11.9 Å². The van der Waals surface area contributed by atoms with Gasteiger partial charge >= 0.3 is 12.0 Å². The van der Waals surface area contributed by atoms with Crippen LogP contribution in [0.15, 0.2) is 48.2 Å². The monoisotopic (exact) mass is 406 g/mol. The van der Waals surface area contributed by atoms with E-state index in [9.17, 15) is 9.90 Å².